The van der Waals surface area contributed by atoms with Gasteiger partial charge in [0.15, 0.2) is 0 Å². The zero-order valence-corrected chi connectivity index (χ0v) is 15.8. The second-order valence-corrected chi connectivity index (χ2v) is 7.22. The number of nitrogens with zero attached hydrogens (tertiary/aromatic N) is 4. The predicted octanol–water partition coefficient (Wildman–Crippen LogP) is 1.82. The summed E-state index contributed by atoms with van der Waals surface area (Å²) in [4.78, 5) is 30.7. The zero-order valence-electron chi connectivity index (χ0n) is 15.0. The van der Waals surface area contributed by atoms with E-state index in [0.29, 0.717) is 22.3 Å². The van der Waals surface area contributed by atoms with Crippen LogP contribution >= 0.6 is 11.3 Å². The highest BCUT2D eigenvalue weighted by Gasteiger charge is 2.15. The van der Waals surface area contributed by atoms with Gasteiger partial charge in [-0.3, -0.25) is 9.59 Å². The molecular formula is C18H21N5O2S. The van der Waals surface area contributed by atoms with Crippen LogP contribution in [0.2, 0.25) is 0 Å². The molecule has 7 nitrogen and oxygen atoms in total. The molecule has 0 fully saturated rings. The second kappa shape index (κ2) is 7.65. The van der Waals surface area contributed by atoms with Gasteiger partial charge in [-0.2, -0.15) is 4.52 Å². The van der Waals surface area contributed by atoms with Crippen molar-refractivity contribution in [1.29, 1.82) is 0 Å². The molecular weight excluding hydrogens is 350 g/mol. The molecule has 0 bridgehead atoms. The molecule has 0 saturated carbocycles. The van der Waals surface area contributed by atoms with Gasteiger partial charge in [-0.15, -0.1) is 5.10 Å². The topological polar surface area (TPSA) is 79.6 Å². The van der Waals surface area contributed by atoms with Crippen molar-refractivity contribution >= 4 is 27.3 Å². The molecule has 0 aliphatic carbocycles. The second-order valence-electron chi connectivity index (χ2n) is 6.29. The van der Waals surface area contributed by atoms with E-state index in [1.165, 1.54) is 27.5 Å². The number of carbonyl (C=O) groups is 1. The first-order valence-corrected chi connectivity index (χ1v) is 9.16. The van der Waals surface area contributed by atoms with Gasteiger partial charge in [-0.25, -0.2) is 4.98 Å². The van der Waals surface area contributed by atoms with Crippen LogP contribution in [0.5, 0.6) is 0 Å². The van der Waals surface area contributed by atoms with Gasteiger partial charge in [0.1, 0.15) is 0 Å². The molecule has 1 aromatic carbocycles. The van der Waals surface area contributed by atoms with Crippen LogP contribution in [0.25, 0.3) is 4.96 Å². The minimum atomic E-state index is -0.218. The van der Waals surface area contributed by atoms with Crippen LogP contribution in [0.1, 0.15) is 24.1 Å². The number of rotatable bonds is 6. The standard InChI is InChI=1S/C18H21N5O2S/c1-12(14-7-5-4-6-8-14)10-19-15(24)11-22(3)18-21-23-16(25)9-13(2)20-17(23)26-18/h4-9,12H,10-11H2,1-3H3,(H,19,24)/t12-/m0/s1. The first-order chi connectivity index (χ1) is 12.4. The number of benzene rings is 1. The lowest BCUT2D eigenvalue weighted by Crippen LogP contribution is -2.36. The normalized spacial score (nSPS) is 12.1. The molecule has 0 saturated heterocycles. The lowest BCUT2D eigenvalue weighted by Gasteiger charge is -2.17. The number of aromatic nitrogens is 3. The molecule has 8 heteroatoms. The van der Waals surface area contributed by atoms with Crippen LogP contribution in [-0.4, -0.2) is 40.6 Å². The summed E-state index contributed by atoms with van der Waals surface area (Å²) in [5.41, 5.74) is 1.62. The number of likely N-dealkylation sites (N-methyl/N-ethyl adjacent to an activating group) is 1. The van der Waals surface area contributed by atoms with Gasteiger partial charge in [0.05, 0.1) is 6.54 Å². The summed E-state index contributed by atoms with van der Waals surface area (Å²) in [5.74, 6) is 0.143. The van der Waals surface area contributed by atoms with Crippen LogP contribution in [0.4, 0.5) is 5.13 Å². The van der Waals surface area contributed by atoms with Gasteiger partial charge in [0, 0.05) is 25.4 Å². The summed E-state index contributed by atoms with van der Waals surface area (Å²) in [6, 6.07) is 11.5. The van der Waals surface area contributed by atoms with Crippen molar-refractivity contribution in [1.82, 2.24) is 19.9 Å². The predicted molar refractivity (Wildman–Crippen MR) is 103 cm³/mol. The molecule has 2 heterocycles. The fourth-order valence-electron chi connectivity index (χ4n) is 2.57. The van der Waals surface area contributed by atoms with Crippen molar-refractivity contribution in [3.63, 3.8) is 0 Å². The Bertz CT molecular complexity index is 967. The monoisotopic (exact) mass is 371 g/mol. The number of anilines is 1. The molecule has 0 spiro atoms. The largest absolute Gasteiger partial charge is 0.354 e. The van der Waals surface area contributed by atoms with Gasteiger partial charge >= 0.3 is 0 Å². The van der Waals surface area contributed by atoms with E-state index in [0.717, 1.165) is 0 Å². The Hall–Kier alpha value is -2.74. The average Bonchev–Trinajstić information content (AvgIpc) is 3.05. The first kappa shape index (κ1) is 18.1. The minimum absolute atomic E-state index is 0.0916. The molecule has 3 aromatic rings. The molecule has 0 aliphatic rings. The summed E-state index contributed by atoms with van der Waals surface area (Å²) < 4.78 is 1.26. The minimum Gasteiger partial charge on any atom is -0.354 e. The number of carbonyl (C=O) groups excluding carboxylic acids is 1. The van der Waals surface area contributed by atoms with Gasteiger partial charge < -0.3 is 10.2 Å². The third-order valence-electron chi connectivity index (χ3n) is 4.04. The Morgan fingerprint density at radius 1 is 1.35 bits per heavy atom. The third-order valence-corrected chi connectivity index (χ3v) is 5.07. The number of hydrogen-bond acceptors (Lipinski definition) is 6. The van der Waals surface area contributed by atoms with Crippen LogP contribution in [0.15, 0.2) is 41.2 Å². The van der Waals surface area contributed by atoms with E-state index in [4.69, 9.17) is 0 Å². The van der Waals surface area contributed by atoms with Gasteiger partial charge in [-0.05, 0) is 18.4 Å². The highest BCUT2D eigenvalue weighted by atomic mass is 32.1. The van der Waals surface area contributed by atoms with E-state index in [1.54, 1.807) is 18.9 Å². The molecule has 26 heavy (non-hydrogen) atoms. The van der Waals surface area contributed by atoms with Crippen molar-refractivity contribution in [3.05, 3.63) is 58.0 Å². The quantitative estimate of drug-likeness (QED) is 0.715. The molecule has 3 rings (SSSR count). The molecule has 1 N–H and O–H groups in total. The van der Waals surface area contributed by atoms with Crippen molar-refractivity contribution in [2.75, 3.05) is 25.0 Å². The Morgan fingerprint density at radius 2 is 2.08 bits per heavy atom. The maximum atomic E-state index is 12.2. The van der Waals surface area contributed by atoms with Crippen molar-refractivity contribution in [2.45, 2.75) is 19.8 Å². The van der Waals surface area contributed by atoms with Crippen molar-refractivity contribution in [3.8, 4) is 0 Å². The summed E-state index contributed by atoms with van der Waals surface area (Å²) in [6.07, 6.45) is 0. The van der Waals surface area contributed by atoms with E-state index in [1.807, 2.05) is 18.2 Å². The van der Waals surface area contributed by atoms with E-state index >= 15 is 0 Å². The maximum absolute atomic E-state index is 12.2. The van der Waals surface area contributed by atoms with Crippen molar-refractivity contribution in [2.24, 2.45) is 0 Å². The van der Waals surface area contributed by atoms with Gasteiger partial charge in [-0.1, -0.05) is 48.6 Å². The van der Waals surface area contributed by atoms with Crippen LogP contribution < -0.4 is 15.8 Å². The Kier molecular flexibility index (Phi) is 5.32. The highest BCUT2D eigenvalue weighted by molar-refractivity contribution is 7.20. The van der Waals surface area contributed by atoms with E-state index in [2.05, 4.69) is 34.5 Å². The number of amides is 1. The fraction of sp³-hybridized carbons (Fsp3) is 0.333. The first-order valence-electron chi connectivity index (χ1n) is 8.34. The lowest BCUT2D eigenvalue weighted by molar-refractivity contribution is -0.119. The third kappa shape index (κ3) is 4.08. The van der Waals surface area contributed by atoms with E-state index in [9.17, 15) is 9.59 Å². The molecule has 136 valence electrons. The molecule has 1 atom stereocenters. The summed E-state index contributed by atoms with van der Waals surface area (Å²) in [6.45, 7) is 4.57. The van der Waals surface area contributed by atoms with Crippen molar-refractivity contribution < 1.29 is 4.79 Å². The average molecular weight is 371 g/mol. The maximum Gasteiger partial charge on any atom is 0.275 e. The SMILES string of the molecule is Cc1cc(=O)n2nc(N(C)CC(=O)NC[C@H](C)c3ccccc3)sc2n1. The molecule has 0 radical (unpaired) electrons. The number of fused-ring (bicyclic) bond motifs is 1. The fourth-order valence-corrected chi connectivity index (χ4v) is 3.48. The Balaban J connectivity index is 1.61. The van der Waals surface area contributed by atoms with Gasteiger partial charge in [0.25, 0.3) is 5.56 Å². The summed E-state index contributed by atoms with van der Waals surface area (Å²) in [5, 5.41) is 7.78. The highest BCUT2D eigenvalue weighted by Crippen LogP contribution is 2.20. The van der Waals surface area contributed by atoms with Crippen LogP contribution in [-0.2, 0) is 4.79 Å². The summed E-state index contributed by atoms with van der Waals surface area (Å²) in [7, 11) is 1.77. The summed E-state index contributed by atoms with van der Waals surface area (Å²) >= 11 is 1.28. The number of nitrogens with one attached hydrogen (secondary N) is 1. The smallest absolute Gasteiger partial charge is 0.275 e. The van der Waals surface area contributed by atoms with E-state index < -0.39 is 0 Å². The number of aryl methyl sites for hydroxylation is 1. The number of hydrogen-bond donors (Lipinski definition) is 1. The van der Waals surface area contributed by atoms with E-state index in [-0.39, 0.29) is 23.9 Å². The molecule has 0 unspecified atom stereocenters. The molecule has 1 amide bonds. The van der Waals surface area contributed by atoms with Crippen LogP contribution in [0.3, 0.4) is 0 Å². The Morgan fingerprint density at radius 3 is 2.81 bits per heavy atom. The van der Waals surface area contributed by atoms with Crippen LogP contribution in [0, 0.1) is 6.92 Å². The zero-order chi connectivity index (χ0) is 18.7. The molecule has 0 aliphatic heterocycles. The molecule has 2 aromatic heterocycles. The lowest BCUT2D eigenvalue weighted by atomic mass is 10.0. The van der Waals surface area contributed by atoms with Gasteiger partial charge in [0.2, 0.25) is 16.0 Å². The Labute approximate surface area is 155 Å².